The monoisotopic (exact) mass is 475 g/mol. The lowest BCUT2D eigenvalue weighted by molar-refractivity contribution is -0.120. The van der Waals surface area contributed by atoms with Crippen LogP contribution in [0.1, 0.15) is 12.8 Å². The number of carbonyl (C=O) groups excluding carboxylic acids is 1. The predicted molar refractivity (Wildman–Crippen MR) is 111 cm³/mol. The van der Waals surface area contributed by atoms with E-state index in [9.17, 15) is 21.6 Å². The van der Waals surface area contributed by atoms with E-state index in [4.69, 9.17) is 4.74 Å². The molecule has 1 saturated heterocycles. The second-order valence-corrected chi connectivity index (χ2v) is 11.3. The van der Waals surface area contributed by atoms with Crippen molar-refractivity contribution in [1.82, 2.24) is 14.5 Å². The van der Waals surface area contributed by atoms with Crippen molar-refractivity contribution in [3.63, 3.8) is 0 Å². The Labute approximate surface area is 178 Å². The summed E-state index contributed by atoms with van der Waals surface area (Å²) in [6.07, 6.45) is 1.70. The SMILES string of the molecule is COc1ccc(S(=O)(=O)N2CCC(C(=O)Nc3nnc(NS(C)(=O)=O)s3)CC2)cc1. The molecule has 1 aliphatic rings. The van der Waals surface area contributed by atoms with Crippen molar-refractivity contribution < 1.29 is 26.4 Å². The minimum Gasteiger partial charge on any atom is -0.497 e. The van der Waals surface area contributed by atoms with E-state index in [1.165, 1.54) is 23.5 Å². The third kappa shape index (κ3) is 5.44. The average Bonchev–Trinajstić information content (AvgIpc) is 3.13. The minimum absolute atomic E-state index is 0.0493. The highest BCUT2D eigenvalue weighted by atomic mass is 32.2. The number of methoxy groups -OCH3 is 1. The van der Waals surface area contributed by atoms with Gasteiger partial charge in [-0.1, -0.05) is 11.3 Å². The molecule has 2 N–H and O–H groups in total. The zero-order valence-electron chi connectivity index (χ0n) is 16.2. The van der Waals surface area contributed by atoms with Gasteiger partial charge in [-0.3, -0.25) is 9.52 Å². The molecule has 1 fully saturated rings. The molecule has 11 nitrogen and oxygen atoms in total. The Morgan fingerprint density at radius 1 is 1.10 bits per heavy atom. The molecule has 0 unspecified atom stereocenters. The first-order valence-corrected chi connectivity index (χ1v) is 13.0. The van der Waals surface area contributed by atoms with Gasteiger partial charge in [0.15, 0.2) is 0 Å². The standard InChI is InChI=1S/C16H21N5O6S3/c1-27-12-3-5-13(6-4-12)30(25,26)21-9-7-11(8-10-21)14(22)17-15-18-19-16(28-15)20-29(2,23)24/h3-6,11H,7-10H2,1-2H3,(H,19,20)(H,17,18,22). The maximum atomic E-state index is 12.8. The van der Waals surface area contributed by atoms with Gasteiger partial charge in [0, 0.05) is 19.0 Å². The molecular formula is C16H21N5O6S3. The number of piperidine rings is 1. The van der Waals surface area contributed by atoms with Crippen LogP contribution in [0.15, 0.2) is 29.2 Å². The Kier molecular flexibility index (Phi) is 6.59. The van der Waals surface area contributed by atoms with Crippen molar-refractivity contribution in [2.75, 3.05) is 36.5 Å². The van der Waals surface area contributed by atoms with Crippen molar-refractivity contribution >= 4 is 47.6 Å². The summed E-state index contributed by atoms with van der Waals surface area (Å²) in [7, 11) is -5.63. The van der Waals surface area contributed by atoms with Gasteiger partial charge in [-0.15, -0.1) is 10.2 Å². The maximum absolute atomic E-state index is 12.8. The molecule has 2 heterocycles. The van der Waals surface area contributed by atoms with Crippen LogP contribution < -0.4 is 14.8 Å². The lowest BCUT2D eigenvalue weighted by Gasteiger charge is -2.30. The van der Waals surface area contributed by atoms with Gasteiger partial charge in [-0.2, -0.15) is 4.31 Å². The molecule has 0 bridgehead atoms. The summed E-state index contributed by atoms with van der Waals surface area (Å²) < 4.78 is 56.6. The van der Waals surface area contributed by atoms with Gasteiger partial charge >= 0.3 is 0 Å². The van der Waals surface area contributed by atoms with Crippen LogP contribution in [-0.4, -0.2) is 63.7 Å². The topological polar surface area (TPSA) is 148 Å². The Balaban J connectivity index is 1.57. The van der Waals surface area contributed by atoms with E-state index < -0.39 is 20.0 Å². The molecule has 1 amide bonds. The Morgan fingerprint density at radius 2 is 1.70 bits per heavy atom. The number of hydrogen-bond acceptors (Lipinski definition) is 9. The van der Waals surface area contributed by atoms with Crippen LogP contribution >= 0.6 is 11.3 Å². The summed E-state index contributed by atoms with van der Waals surface area (Å²) in [6, 6.07) is 6.15. The average molecular weight is 476 g/mol. The fourth-order valence-corrected chi connectivity index (χ4v) is 5.88. The maximum Gasteiger partial charge on any atom is 0.243 e. The van der Waals surface area contributed by atoms with E-state index in [2.05, 4.69) is 20.2 Å². The molecule has 0 spiro atoms. The highest BCUT2D eigenvalue weighted by Crippen LogP contribution is 2.27. The fraction of sp³-hybridized carbons (Fsp3) is 0.438. The first-order valence-electron chi connectivity index (χ1n) is 8.85. The minimum atomic E-state index is -3.65. The number of ether oxygens (including phenoxy) is 1. The number of anilines is 2. The lowest BCUT2D eigenvalue weighted by atomic mass is 9.97. The first-order chi connectivity index (χ1) is 14.1. The number of nitrogens with one attached hydrogen (secondary N) is 2. The molecule has 0 radical (unpaired) electrons. The molecule has 3 rings (SSSR count). The highest BCUT2D eigenvalue weighted by Gasteiger charge is 2.32. The van der Waals surface area contributed by atoms with Crippen molar-refractivity contribution in [2.45, 2.75) is 17.7 Å². The summed E-state index contributed by atoms with van der Waals surface area (Å²) in [4.78, 5) is 12.6. The highest BCUT2D eigenvalue weighted by molar-refractivity contribution is 7.92. The second kappa shape index (κ2) is 8.83. The number of aromatic nitrogens is 2. The Morgan fingerprint density at radius 3 is 2.27 bits per heavy atom. The van der Waals surface area contributed by atoms with E-state index >= 15 is 0 Å². The molecule has 1 aromatic carbocycles. The summed E-state index contributed by atoms with van der Waals surface area (Å²) in [5.41, 5.74) is 0. The number of benzene rings is 1. The molecule has 164 valence electrons. The molecule has 30 heavy (non-hydrogen) atoms. The zero-order chi connectivity index (χ0) is 21.9. The molecule has 0 saturated carbocycles. The zero-order valence-corrected chi connectivity index (χ0v) is 18.7. The van der Waals surface area contributed by atoms with Crippen LogP contribution in [-0.2, 0) is 24.8 Å². The number of nitrogens with zero attached hydrogens (tertiary/aromatic N) is 3. The van der Waals surface area contributed by atoms with Crippen molar-refractivity contribution in [2.24, 2.45) is 5.92 Å². The van der Waals surface area contributed by atoms with Crippen LogP contribution in [0.3, 0.4) is 0 Å². The van der Waals surface area contributed by atoms with Gasteiger partial charge < -0.3 is 10.1 Å². The Hall–Kier alpha value is -2.29. The quantitative estimate of drug-likeness (QED) is 0.602. The van der Waals surface area contributed by atoms with Gasteiger partial charge in [0.25, 0.3) is 0 Å². The van der Waals surface area contributed by atoms with Crippen molar-refractivity contribution in [3.8, 4) is 5.75 Å². The van der Waals surface area contributed by atoms with Gasteiger partial charge in [-0.05, 0) is 37.1 Å². The van der Waals surface area contributed by atoms with Crippen LogP contribution in [0.2, 0.25) is 0 Å². The molecule has 0 aliphatic carbocycles. The van der Waals surface area contributed by atoms with Gasteiger partial charge in [-0.25, -0.2) is 16.8 Å². The van der Waals surface area contributed by atoms with E-state index in [1.807, 2.05) is 0 Å². The van der Waals surface area contributed by atoms with E-state index in [-0.39, 0.29) is 40.1 Å². The van der Waals surface area contributed by atoms with Gasteiger partial charge in [0.2, 0.25) is 36.2 Å². The summed E-state index contributed by atoms with van der Waals surface area (Å²) in [5.74, 6) is -0.128. The number of amides is 1. The molecule has 1 aromatic heterocycles. The lowest BCUT2D eigenvalue weighted by Crippen LogP contribution is -2.41. The largest absolute Gasteiger partial charge is 0.497 e. The number of sulfonamides is 2. The van der Waals surface area contributed by atoms with Crippen molar-refractivity contribution in [1.29, 1.82) is 0 Å². The number of hydrogen-bond donors (Lipinski definition) is 2. The molecule has 2 aromatic rings. The van der Waals surface area contributed by atoms with Crippen molar-refractivity contribution in [3.05, 3.63) is 24.3 Å². The summed E-state index contributed by atoms with van der Waals surface area (Å²) in [5, 5.41) is 10.2. The van der Waals surface area contributed by atoms with Crippen LogP contribution in [0.4, 0.5) is 10.3 Å². The van der Waals surface area contributed by atoms with Crippen LogP contribution in [0.25, 0.3) is 0 Å². The first kappa shape index (κ1) is 22.4. The van der Waals surface area contributed by atoms with Gasteiger partial charge in [0.05, 0.1) is 18.3 Å². The summed E-state index contributed by atoms with van der Waals surface area (Å²) >= 11 is 0.896. The third-order valence-electron chi connectivity index (χ3n) is 4.45. The second-order valence-electron chi connectivity index (χ2n) is 6.63. The fourth-order valence-electron chi connectivity index (χ4n) is 2.94. The van der Waals surface area contributed by atoms with E-state index in [0.29, 0.717) is 18.6 Å². The molecular weight excluding hydrogens is 454 g/mol. The molecule has 14 heteroatoms. The molecule has 1 aliphatic heterocycles. The van der Waals surface area contributed by atoms with E-state index in [1.54, 1.807) is 12.1 Å². The van der Waals surface area contributed by atoms with E-state index in [0.717, 1.165) is 17.6 Å². The van der Waals surface area contributed by atoms with Gasteiger partial charge in [0.1, 0.15) is 5.75 Å². The smallest absolute Gasteiger partial charge is 0.243 e. The summed E-state index contributed by atoms with van der Waals surface area (Å²) in [6.45, 7) is 0.424. The van der Waals surface area contributed by atoms with Crippen LogP contribution in [0.5, 0.6) is 5.75 Å². The predicted octanol–water partition coefficient (Wildman–Crippen LogP) is 0.958. The normalized spacial score (nSPS) is 16.2. The number of rotatable bonds is 7. The number of carbonyl (C=O) groups is 1. The van der Waals surface area contributed by atoms with Crippen LogP contribution in [0, 0.1) is 5.92 Å². The molecule has 0 atom stereocenters. The third-order valence-corrected chi connectivity index (χ3v) is 7.81. The Bertz CT molecular complexity index is 1110.